The number of carbonyl (C=O) groups excluding carboxylic acids is 2. The minimum absolute atomic E-state index is 0.262. The van der Waals surface area contributed by atoms with Crippen LogP contribution in [0, 0.1) is 0 Å². The molecule has 1 aromatic carbocycles. The van der Waals surface area contributed by atoms with Crippen molar-refractivity contribution in [1.29, 1.82) is 0 Å². The SMILES string of the molecule is CCOC(=O)C(C)OC(=O)[C@H](C)Nc1ccccc1CC. The van der Waals surface area contributed by atoms with Gasteiger partial charge in [-0.2, -0.15) is 0 Å². The highest BCUT2D eigenvalue weighted by Gasteiger charge is 2.23. The Morgan fingerprint density at radius 1 is 1.14 bits per heavy atom. The molecule has 1 unspecified atom stereocenters. The van der Waals surface area contributed by atoms with E-state index in [1.54, 1.807) is 13.8 Å². The average Bonchev–Trinajstić information content (AvgIpc) is 2.47. The number of para-hydroxylation sites is 1. The van der Waals surface area contributed by atoms with Crippen molar-refractivity contribution in [2.24, 2.45) is 0 Å². The van der Waals surface area contributed by atoms with Crippen molar-refractivity contribution in [3.8, 4) is 0 Å². The summed E-state index contributed by atoms with van der Waals surface area (Å²) < 4.78 is 9.90. The second-order valence-electron chi connectivity index (χ2n) is 4.71. The van der Waals surface area contributed by atoms with Crippen LogP contribution in [0.5, 0.6) is 0 Å². The Balaban J connectivity index is 2.60. The summed E-state index contributed by atoms with van der Waals surface area (Å²) in [6.45, 7) is 7.22. The minimum Gasteiger partial charge on any atom is -0.463 e. The first-order valence-electron chi connectivity index (χ1n) is 7.21. The fourth-order valence-electron chi connectivity index (χ4n) is 1.85. The molecule has 0 heterocycles. The fourth-order valence-corrected chi connectivity index (χ4v) is 1.85. The maximum Gasteiger partial charge on any atom is 0.347 e. The highest BCUT2D eigenvalue weighted by Crippen LogP contribution is 2.17. The van der Waals surface area contributed by atoms with Gasteiger partial charge < -0.3 is 14.8 Å². The van der Waals surface area contributed by atoms with Crippen LogP contribution in [-0.2, 0) is 25.5 Å². The molecule has 21 heavy (non-hydrogen) atoms. The first-order chi connectivity index (χ1) is 9.99. The van der Waals surface area contributed by atoms with E-state index in [2.05, 4.69) is 5.32 Å². The molecular formula is C16H23NO4. The second kappa shape index (κ2) is 8.29. The second-order valence-corrected chi connectivity index (χ2v) is 4.71. The van der Waals surface area contributed by atoms with Gasteiger partial charge in [0.1, 0.15) is 6.04 Å². The zero-order valence-electron chi connectivity index (χ0n) is 13.0. The quantitative estimate of drug-likeness (QED) is 0.783. The topological polar surface area (TPSA) is 64.6 Å². The number of ether oxygens (including phenoxy) is 2. The molecular weight excluding hydrogens is 270 g/mol. The third-order valence-electron chi connectivity index (χ3n) is 3.04. The number of carbonyl (C=O) groups is 2. The number of nitrogens with one attached hydrogen (secondary N) is 1. The van der Waals surface area contributed by atoms with Gasteiger partial charge in [0, 0.05) is 5.69 Å². The molecule has 5 nitrogen and oxygen atoms in total. The number of aryl methyl sites for hydroxylation is 1. The largest absolute Gasteiger partial charge is 0.463 e. The van der Waals surface area contributed by atoms with E-state index in [0.717, 1.165) is 17.7 Å². The summed E-state index contributed by atoms with van der Waals surface area (Å²) in [4.78, 5) is 23.4. The molecule has 0 aromatic heterocycles. The van der Waals surface area contributed by atoms with Crippen LogP contribution in [0.1, 0.15) is 33.3 Å². The molecule has 0 amide bonds. The molecule has 0 fully saturated rings. The first kappa shape index (κ1) is 17.0. The maximum absolute atomic E-state index is 12.0. The maximum atomic E-state index is 12.0. The van der Waals surface area contributed by atoms with Gasteiger partial charge in [0.05, 0.1) is 6.61 Å². The van der Waals surface area contributed by atoms with Crippen LogP contribution in [-0.4, -0.2) is 30.7 Å². The van der Waals surface area contributed by atoms with Gasteiger partial charge >= 0.3 is 11.9 Å². The van der Waals surface area contributed by atoms with Gasteiger partial charge in [0.25, 0.3) is 0 Å². The van der Waals surface area contributed by atoms with Gasteiger partial charge in [-0.1, -0.05) is 25.1 Å². The van der Waals surface area contributed by atoms with Crippen molar-refractivity contribution in [2.45, 2.75) is 46.3 Å². The molecule has 5 heteroatoms. The van der Waals surface area contributed by atoms with E-state index in [4.69, 9.17) is 9.47 Å². The lowest BCUT2D eigenvalue weighted by Crippen LogP contribution is -2.34. The average molecular weight is 293 g/mol. The van der Waals surface area contributed by atoms with Crippen molar-refractivity contribution in [3.05, 3.63) is 29.8 Å². The van der Waals surface area contributed by atoms with Crippen molar-refractivity contribution < 1.29 is 19.1 Å². The predicted molar refractivity (Wildman–Crippen MR) is 81.1 cm³/mol. The molecule has 0 spiro atoms. The van der Waals surface area contributed by atoms with Crippen molar-refractivity contribution in [1.82, 2.24) is 0 Å². The lowest BCUT2D eigenvalue weighted by atomic mass is 10.1. The van der Waals surface area contributed by atoms with Crippen molar-refractivity contribution in [3.63, 3.8) is 0 Å². The zero-order valence-corrected chi connectivity index (χ0v) is 13.0. The highest BCUT2D eigenvalue weighted by molar-refractivity contribution is 5.83. The summed E-state index contributed by atoms with van der Waals surface area (Å²) >= 11 is 0. The molecule has 0 bridgehead atoms. The van der Waals surface area contributed by atoms with Crippen molar-refractivity contribution >= 4 is 17.6 Å². The van der Waals surface area contributed by atoms with E-state index in [1.165, 1.54) is 6.92 Å². The number of hydrogen-bond donors (Lipinski definition) is 1. The molecule has 2 atom stereocenters. The summed E-state index contributed by atoms with van der Waals surface area (Å²) in [7, 11) is 0. The van der Waals surface area contributed by atoms with Crippen LogP contribution in [0.4, 0.5) is 5.69 Å². The standard InChI is InChI=1S/C16H23NO4/c1-5-13-9-7-8-10-14(13)17-11(3)15(18)21-12(4)16(19)20-6-2/h7-12,17H,5-6H2,1-4H3/t11-,12?/m0/s1. The van der Waals surface area contributed by atoms with Crippen LogP contribution < -0.4 is 5.32 Å². The predicted octanol–water partition coefficient (Wildman–Crippen LogP) is 2.54. The fraction of sp³-hybridized carbons (Fsp3) is 0.500. The van der Waals surface area contributed by atoms with Crippen LogP contribution in [0.15, 0.2) is 24.3 Å². The van der Waals surface area contributed by atoms with E-state index in [1.807, 2.05) is 31.2 Å². The number of benzene rings is 1. The number of anilines is 1. The Labute approximate surface area is 125 Å². The zero-order chi connectivity index (χ0) is 15.8. The van der Waals surface area contributed by atoms with Crippen LogP contribution >= 0.6 is 0 Å². The molecule has 116 valence electrons. The number of rotatable bonds is 7. The number of hydrogen-bond acceptors (Lipinski definition) is 5. The Morgan fingerprint density at radius 3 is 2.43 bits per heavy atom. The third-order valence-corrected chi connectivity index (χ3v) is 3.04. The van der Waals surface area contributed by atoms with Gasteiger partial charge in [-0.15, -0.1) is 0 Å². The van der Waals surface area contributed by atoms with E-state index in [0.29, 0.717) is 0 Å². The third kappa shape index (κ3) is 5.10. The Bertz CT molecular complexity index is 487. The summed E-state index contributed by atoms with van der Waals surface area (Å²) in [5, 5.41) is 3.11. The molecule has 0 saturated carbocycles. The smallest absolute Gasteiger partial charge is 0.347 e. The van der Waals surface area contributed by atoms with Gasteiger partial charge in [-0.3, -0.25) is 0 Å². The summed E-state index contributed by atoms with van der Waals surface area (Å²) in [5.74, 6) is -1.02. The Hall–Kier alpha value is -2.04. The molecule has 0 saturated heterocycles. The van der Waals surface area contributed by atoms with E-state index >= 15 is 0 Å². The van der Waals surface area contributed by atoms with E-state index in [9.17, 15) is 9.59 Å². The lowest BCUT2D eigenvalue weighted by molar-refractivity contribution is -0.166. The molecule has 0 aliphatic rings. The monoisotopic (exact) mass is 293 g/mol. The lowest BCUT2D eigenvalue weighted by Gasteiger charge is -2.19. The van der Waals surface area contributed by atoms with Crippen LogP contribution in [0.2, 0.25) is 0 Å². The number of esters is 2. The Morgan fingerprint density at radius 2 is 1.81 bits per heavy atom. The highest BCUT2D eigenvalue weighted by atomic mass is 16.6. The van der Waals surface area contributed by atoms with Crippen molar-refractivity contribution in [2.75, 3.05) is 11.9 Å². The molecule has 0 radical (unpaired) electrons. The van der Waals surface area contributed by atoms with E-state index < -0.39 is 24.1 Å². The summed E-state index contributed by atoms with van der Waals surface area (Å²) in [5.41, 5.74) is 2.02. The minimum atomic E-state index is -0.900. The first-order valence-corrected chi connectivity index (χ1v) is 7.21. The molecule has 0 aliphatic heterocycles. The van der Waals surface area contributed by atoms with Gasteiger partial charge in [0.15, 0.2) is 6.10 Å². The van der Waals surface area contributed by atoms with E-state index in [-0.39, 0.29) is 6.61 Å². The molecule has 1 rings (SSSR count). The molecule has 1 N–H and O–H groups in total. The normalized spacial score (nSPS) is 13.1. The Kier molecular flexibility index (Phi) is 6.72. The van der Waals surface area contributed by atoms with Crippen LogP contribution in [0.25, 0.3) is 0 Å². The van der Waals surface area contributed by atoms with Gasteiger partial charge in [-0.25, -0.2) is 9.59 Å². The van der Waals surface area contributed by atoms with Gasteiger partial charge in [0.2, 0.25) is 0 Å². The molecule has 0 aliphatic carbocycles. The summed E-state index contributed by atoms with van der Waals surface area (Å²) in [6.07, 6.45) is -0.0346. The van der Waals surface area contributed by atoms with Gasteiger partial charge in [-0.05, 0) is 38.8 Å². The summed E-state index contributed by atoms with van der Waals surface area (Å²) in [6, 6.07) is 7.23. The van der Waals surface area contributed by atoms with Crippen LogP contribution in [0.3, 0.4) is 0 Å². The molecule has 1 aromatic rings.